The Balaban J connectivity index is 2.16. The molecule has 1 N–H and O–H groups in total. The van der Waals surface area contributed by atoms with Crippen molar-refractivity contribution in [3.05, 3.63) is 28.2 Å². The average molecular weight is 313 g/mol. The molecule has 1 fully saturated rings. The Kier molecular flexibility index (Phi) is 4.07. The van der Waals surface area contributed by atoms with Gasteiger partial charge in [-0.1, -0.05) is 15.9 Å². The molecule has 1 saturated carbocycles. The van der Waals surface area contributed by atoms with Gasteiger partial charge >= 0.3 is 0 Å². The SMILES string of the molecule is COc1ccc(Br)c(CC(=O)C2(O)CCCC2)c1. The Morgan fingerprint density at radius 3 is 2.72 bits per heavy atom. The summed E-state index contributed by atoms with van der Waals surface area (Å²) in [6.45, 7) is 0. The highest BCUT2D eigenvalue weighted by Crippen LogP contribution is 2.32. The fraction of sp³-hybridized carbons (Fsp3) is 0.500. The highest BCUT2D eigenvalue weighted by molar-refractivity contribution is 9.10. The third kappa shape index (κ3) is 2.75. The lowest BCUT2D eigenvalue weighted by Crippen LogP contribution is -2.36. The summed E-state index contributed by atoms with van der Waals surface area (Å²) in [6.07, 6.45) is 3.29. The second kappa shape index (κ2) is 5.41. The first-order chi connectivity index (χ1) is 8.55. The second-order valence-electron chi connectivity index (χ2n) is 4.80. The summed E-state index contributed by atoms with van der Waals surface area (Å²) in [7, 11) is 1.60. The summed E-state index contributed by atoms with van der Waals surface area (Å²) in [4.78, 5) is 12.2. The van der Waals surface area contributed by atoms with Crippen LogP contribution in [0.5, 0.6) is 5.75 Å². The Labute approximate surface area is 115 Å². The van der Waals surface area contributed by atoms with E-state index in [1.54, 1.807) is 7.11 Å². The van der Waals surface area contributed by atoms with Crippen LogP contribution in [0.2, 0.25) is 0 Å². The summed E-state index contributed by atoms with van der Waals surface area (Å²) < 4.78 is 6.02. The van der Waals surface area contributed by atoms with Crippen molar-refractivity contribution in [2.45, 2.75) is 37.7 Å². The molecule has 98 valence electrons. The largest absolute Gasteiger partial charge is 0.497 e. The van der Waals surface area contributed by atoms with Crippen LogP contribution in [-0.4, -0.2) is 23.6 Å². The number of ketones is 1. The van der Waals surface area contributed by atoms with Crippen LogP contribution in [0.15, 0.2) is 22.7 Å². The molecular weight excluding hydrogens is 296 g/mol. The molecule has 18 heavy (non-hydrogen) atoms. The smallest absolute Gasteiger partial charge is 0.168 e. The summed E-state index contributed by atoms with van der Waals surface area (Å²) in [6, 6.07) is 5.53. The molecule has 3 nitrogen and oxygen atoms in total. The molecule has 1 aromatic carbocycles. The molecule has 1 aliphatic carbocycles. The molecule has 0 saturated heterocycles. The van der Waals surface area contributed by atoms with Crippen LogP contribution in [0, 0.1) is 0 Å². The Morgan fingerprint density at radius 1 is 1.44 bits per heavy atom. The Bertz CT molecular complexity index is 450. The van der Waals surface area contributed by atoms with Crippen molar-refractivity contribution in [1.82, 2.24) is 0 Å². The average Bonchev–Trinajstić information content (AvgIpc) is 2.80. The van der Waals surface area contributed by atoms with Gasteiger partial charge in [-0.25, -0.2) is 0 Å². The van der Waals surface area contributed by atoms with E-state index in [4.69, 9.17) is 4.74 Å². The van der Waals surface area contributed by atoms with Gasteiger partial charge in [0, 0.05) is 10.9 Å². The number of halogens is 1. The zero-order valence-electron chi connectivity index (χ0n) is 10.4. The van der Waals surface area contributed by atoms with Crippen molar-refractivity contribution in [2.24, 2.45) is 0 Å². The molecule has 0 aromatic heterocycles. The van der Waals surface area contributed by atoms with Gasteiger partial charge in [-0.3, -0.25) is 4.79 Å². The Morgan fingerprint density at radius 2 is 2.11 bits per heavy atom. The van der Waals surface area contributed by atoms with Crippen LogP contribution in [-0.2, 0) is 11.2 Å². The lowest BCUT2D eigenvalue weighted by molar-refractivity contribution is -0.136. The third-order valence-electron chi connectivity index (χ3n) is 3.55. The first kappa shape index (κ1) is 13.6. The van der Waals surface area contributed by atoms with Gasteiger partial charge in [0.05, 0.1) is 7.11 Å². The topological polar surface area (TPSA) is 46.5 Å². The monoisotopic (exact) mass is 312 g/mol. The summed E-state index contributed by atoms with van der Waals surface area (Å²) in [5.41, 5.74) is -0.248. The number of Topliss-reactive ketones (excluding diaryl/α,β-unsaturated/α-hetero) is 1. The van der Waals surface area contributed by atoms with Crippen LogP contribution in [0.4, 0.5) is 0 Å². The van der Waals surface area contributed by atoms with Gasteiger partial charge in [-0.05, 0) is 49.4 Å². The lowest BCUT2D eigenvalue weighted by atomic mass is 9.92. The van der Waals surface area contributed by atoms with E-state index >= 15 is 0 Å². The van der Waals surface area contributed by atoms with Gasteiger partial charge < -0.3 is 9.84 Å². The van der Waals surface area contributed by atoms with E-state index in [-0.39, 0.29) is 12.2 Å². The number of hydrogen-bond donors (Lipinski definition) is 1. The van der Waals surface area contributed by atoms with Gasteiger partial charge in [0.1, 0.15) is 11.4 Å². The van der Waals surface area contributed by atoms with Crippen molar-refractivity contribution in [1.29, 1.82) is 0 Å². The number of hydrogen-bond acceptors (Lipinski definition) is 3. The van der Waals surface area contributed by atoms with Crippen molar-refractivity contribution < 1.29 is 14.6 Å². The first-order valence-electron chi connectivity index (χ1n) is 6.13. The van der Waals surface area contributed by atoms with Crippen LogP contribution >= 0.6 is 15.9 Å². The standard InChI is InChI=1S/C14H17BrO3/c1-18-11-4-5-12(15)10(8-11)9-13(16)14(17)6-2-3-7-14/h4-5,8,17H,2-3,6-7,9H2,1H3. The molecular formula is C14H17BrO3. The fourth-order valence-corrected chi connectivity index (χ4v) is 2.78. The molecule has 0 unspecified atom stereocenters. The van der Waals surface area contributed by atoms with Gasteiger partial charge in [0.25, 0.3) is 0 Å². The zero-order valence-corrected chi connectivity index (χ0v) is 12.0. The lowest BCUT2D eigenvalue weighted by Gasteiger charge is -2.20. The number of benzene rings is 1. The zero-order chi connectivity index (χ0) is 13.2. The first-order valence-corrected chi connectivity index (χ1v) is 6.92. The number of rotatable bonds is 4. The van der Waals surface area contributed by atoms with Gasteiger partial charge in [-0.15, -0.1) is 0 Å². The number of ether oxygens (including phenoxy) is 1. The summed E-state index contributed by atoms with van der Waals surface area (Å²) in [5, 5.41) is 10.2. The summed E-state index contributed by atoms with van der Waals surface area (Å²) in [5.74, 6) is 0.633. The molecule has 0 spiro atoms. The van der Waals surface area contributed by atoms with Crippen LogP contribution in [0.3, 0.4) is 0 Å². The highest BCUT2D eigenvalue weighted by atomic mass is 79.9. The minimum atomic E-state index is -1.11. The van der Waals surface area contributed by atoms with Crippen molar-refractivity contribution >= 4 is 21.7 Å². The summed E-state index contributed by atoms with van der Waals surface area (Å²) >= 11 is 3.42. The van der Waals surface area contributed by atoms with Gasteiger partial charge in [0.2, 0.25) is 0 Å². The van der Waals surface area contributed by atoms with Gasteiger partial charge in [0.15, 0.2) is 5.78 Å². The maximum Gasteiger partial charge on any atom is 0.168 e. The van der Waals surface area contributed by atoms with Crippen molar-refractivity contribution in [3.63, 3.8) is 0 Å². The molecule has 0 bridgehead atoms. The molecule has 2 rings (SSSR count). The van der Waals surface area contributed by atoms with E-state index in [9.17, 15) is 9.90 Å². The van der Waals surface area contributed by atoms with E-state index in [1.807, 2.05) is 18.2 Å². The van der Waals surface area contributed by atoms with E-state index in [2.05, 4.69) is 15.9 Å². The number of carbonyl (C=O) groups is 1. The molecule has 0 aliphatic heterocycles. The minimum Gasteiger partial charge on any atom is -0.497 e. The molecule has 0 radical (unpaired) electrons. The third-order valence-corrected chi connectivity index (χ3v) is 4.33. The maximum atomic E-state index is 12.2. The predicted octanol–water partition coefficient (Wildman–Crippen LogP) is 2.87. The van der Waals surface area contributed by atoms with Crippen LogP contribution in [0.1, 0.15) is 31.2 Å². The van der Waals surface area contributed by atoms with Crippen molar-refractivity contribution in [3.8, 4) is 5.75 Å². The van der Waals surface area contributed by atoms with E-state index < -0.39 is 5.60 Å². The quantitative estimate of drug-likeness (QED) is 0.930. The molecule has 1 aromatic rings. The highest BCUT2D eigenvalue weighted by Gasteiger charge is 2.38. The molecule has 0 amide bonds. The number of aliphatic hydroxyl groups is 1. The van der Waals surface area contributed by atoms with Crippen molar-refractivity contribution in [2.75, 3.05) is 7.11 Å². The normalized spacial score (nSPS) is 17.7. The minimum absolute atomic E-state index is 0.0889. The molecule has 0 atom stereocenters. The Hall–Kier alpha value is -0.870. The van der Waals surface area contributed by atoms with E-state index in [1.165, 1.54) is 0 Å². The maximum absolute atomic E-state index is 12.2. The predicted molar refractivity (Wildman–Crippen MR) is 72.8 cm³/mol. The molecule has 4 heteroatoms. The second-order valence-corrected chi connectivity index (χ2v) is 5.65. The van der Waals surface area contributed by atoms with Crippen LogP contribution < -0.4 is 4.74 Å². The number of methoxy groups -OCH3 is 1. The molecule has 0 heterocycles. The van der Waals surface area contributed by atoms with Crippen LogP contribution in [0.25, 0.3) is 0 Å². The van der Waals surface area contributed by atoms with E-state index in [0.29, 0.717) is 12.8 Å². The van der Waals surface area contributed by atoms with E-state index in [0.717, 1.165) is 28.6 Å². The molecule has 1 aliphatic rings. The van der Waals surface area contributed by atoms with Gasteiger partial charge in [-0.2, -0.15) is 0 Å². The number of carbonyl (C=O) groups excluding carboxylic acids is 1. The fourth-order valence-electron chi connectivity index (χ4n) is 2.39.